The van der Waals surface area contributed by atoms with E-state index in [1.807, 2.05) is 24.3 Å². The molecule has 10 heteroatoms. The summed E-state index contributed by atoms with van der Waals surface area (Å²) in [6, 6.07) is 13.8. The first kappa shape index (κ1) is 25.6. The molecule has 1 aromatic heterocycles. The molecule has 3 heterocycles. The molecule has 2 unspecified atom stereocenters. The van der Waals surface area contributed by atoms with Gasteiger partial charge in [-0.25, -0.2) is 9.97 Å². The number of nitrogens with one attached hydrogen (secondary N) is 3. The van der Waals surface area contributed by atoms with E-state index >= 15 is 0 Å². The quantitative estimate of drug-likeness (QED) is 0.307. The van der Waals surface area contributed by atoms with Gasteiger partial charge in [0.15, 0.2) is 0 Å². The molecule has 3 aromatic rings. The van der Waals surface area contributed by atoms with Gasteiger partial charge in [0.2, 0.25) is 5.91 Å². The Kier molecular flexibility index (Phi) is 7.81. The molecular weight excluding hydrogens is 484 g/mol. The van der Waals surface area contributed by atoms with Crippen molar-refractivity contribution in [2.75, 3.05) is 43.9 Å². The predicted molar refractivity (Wildman–Crippen MR) is 145 cm³/mol. The van der Waals surface area contributed by atoms with Crippen molar-refractivity contribution in [3.8, 4) is 5.75 Å². The van der Waals surface area contributed by atoms with E-state index in [0.717, 1.165) is 30.6 Å². The maximum Gasteiger partial charge on any atom is 0.320 e. The third-order valence-electron chi connectivity index (χ3n) is 6.95. The van der Waals surface area contributed by atoms with E-state index in [1.54, 1.807) is 19.3 Å². The van der Waals surface area contributed by atoms with Gasteiger partial charge in [0.25, 0.3) is 0 Å². The Morgan fingerprint density at radius 3 is 2.95 bits per heavy atom. The molecule has 2 fully saturated rings. The second kappa shape index (κ2) is 11.6. The molecule has 0 saturated carbocycles. The summed E-state index contributed by atoms with van der Waals surface area (Å²) < 4.78 is 11.1. The van der Waals surface area contributed by atoms with Crippen molar-refractivity contribution in [2.45, 2.75) is 31.5 Å². The van der Waals surface area contributed by atoms with Crippen molar-refractivity contribution < 1.29 is 19.1 Å². The lowest BCUT2D eigenvalue weighted by Gasteiger charge is -2.43. The number of rotatable bonds is 8. The summed E-state index contributed by atoms with van der Waals surface area (Å²) in [5.74, 6) is 0.613. The van der Waals surface area contributed by atoms with Gasteiger partial charge in [-0.1, -0.05) is 36.4 Å². The number of aromatic nitrogens is 2. The summed E-state index contributed by atoms with van der Waals surface area (Å²) in [5.41, 5.74) is 2.33. The normalized spacial score (nSPS) is 20.5. The number of benzene rings is 2. The molecule has 1 amide bonds. The van der Waals surface area contributed by atoms with Gasteiger partial charge in [0.05, 0.1) is 30.9 Å². The largest absolute Gasteiger partial charge is 0.494 e. The van der Waals surface area contributed by atoms with Crippen LogP contribution in [0.25, 0.3) is 10.9 Å². The number of anilines is 2. The SMILES string of the molecule is COc1cc2ncnc(NC(C)c3ccccc3)c2cc1NC(=O)C=CC[C@H]1OC(=O)CN2CCNCC12. The van der Waals surface area contributed by atoms with Gasteiger partial charge in [-0.3, -0.25) is 14.5 Å². The fourth-order valence-corrected chi connectivity index (χ4v) is 4.97. The van der Waals surface area contributed by atoms with Crippen LogP contribution in [0.5, 0.6) is 5.75 Å². The first-order valence-corrected chi connectivity index (χ1v) is 12.8. The van der Waals surface area contributed by atoms with Crippen LogP contribution < -0.4 is 20.7 Å². The number of hydrogen-bond acceptors (Lipinski definition) is 9. The molecule has 2 aliphatic rings. The van der Waals surface area contributed by atoms with Crippen molar-refractivity contribution in [3.05, 3.63) is 66.5 Å². The average Bonchev–Trinajstić information content (AvgIpc) is 2.93. The molecule has 2 aromatic carbocycles. The molecule has 3 N–H and O–H groups in total. The minimum absolute atomic E-state index is 0.0153. The molecule has 2 saturated heterocycles. The summed E-state index contributed by atoms with van der Waals surface area (Å²) in [6.07, 6.45) is 4.88. The van der Waals surface area contributed by atoms with Crippen LogP contribution in [0.1, 0.15) is 24.9 Å². The molecule has 2 aliphatic heterocycles. The zero-order chi connectivity index (χ0) is 26.5. The molecule has 198 valence electrons. The van der Waals surface area contributed by atoms with Crippen molar-refractivity contribution in [2.24, 2.45) is 0 Å². The predicted octanol–water partition coefficient (Wildman–Crippen LogP) is 2.90. The molecule has 0 aliphatic carbocycles. The van der Waals surface area contributed by atoms with E-state index in [2.05, 4.69) is 49.9 Å². The average molecular weight is 517 g/mol. The molecule has 0 bridgehead atoms. The fraction of sp³-hybridized carbons (Fsp3) is 0.357. The Morgan fingerprint density at radius 1 is 1.29 bits per heavy atom. The monoisotopic (exact) mass is 516 g/mol. The van der Waals surface area contributed by atoms with Crippen LogP contribution in [0.15, 0.2) is 60.9 Å². The van der Waals surface area contributed by atoms with E-state index < -0.39 is 0 Å². The van der Waals surface area contributed by atoms with Gasteiger partial charge in [-0.15, -0.1) is 0 Å². The number of morpholine rings is 1. The van der Waals surface area contributed by atoms with Gasteiger partial charge in [0.1, 0.15) is 24.0 Å². The number of methoxy groups -OCH3 is 1. The van der Waals surface area contributed by atoms with Crippen molar-refractivity contribution in [1.82, 2.24) is 20.2 Å². The van der Waals surface area contributed by atoms with Crippen molar-refractivity contribution >= 4 is 34.3 Å². The van der Waals surface area contributed by atoms with Crippen LogP contribution in [-0.2, 0) is 14.3 Å². The van der Waals surface area contributed by atoms with Crippen molar-refractivity contribution in [1.29, 1.82) is 0 Å². The number of esters is 1. The Hall–Kier alpha value is -4.02. The second-order valence-corrected chi connectivity index (χ2v) is 9.47. The first-order valence-electron chi connectivity index (χ1n) is 12.8. The molecule has 38 heavy (non-hydrogen) atoms. The summed E-state index contributed by atoms with van der Waals surface area (Å²) in [5, 5.41) is 10.5. The third kappa shape index (κ3) is 5.76. The van der Waals surface area contributed by atoms with E-state index in [-0.39, 0.29) is 30.1 Å². The minimum Gasteiger partial charge on any atom is -0.494 e. The zero-order valence-corrected chi connectivity index (χ0v) is 21.5. The topological polar surface area (TPSA) is 118 Å². The summed E-state index contributed by atoms with van der Waals surface area (Å²) in [4.78, 5) is 35.8. The van der Waals surface area contributed by atoms with Crippen LogP contribution in [0, 0.1) is 0 Å². The molecule has 5 rings (SSSR count). The highest BCUT2D eigenvalue weighted by Crippen LogP contribution is 2.33. The Balaban J connectivity index is 1.30. The lowest BCUT2D eigenvalue weighted by molar-refractivity contribution is -0.165. The smallest absolute Gasteiger partial charge is 0.320 e. The molecular formula is C28H32N6O4. The second-order valence-electron chi connectivity index (χ2n) is 9.47. The van der Waals surface area contributed by atoms with Gasteiger partial charge in [0, 0.05) is 43.5 Å². The molecule has 0 spiro atoms. The van der Waals surface area contributed by atoms with Crippen LogP contribution in [0.2, 0.25) is 0 Å². The minimum atomic E-state index is -0.313. The van der Waals surface area contributed by atoms with E-state index in [1.165, 1.54) is 12.4 Å². The fourth-order valence-electron chi connectivity index (χ4n) is 4.97. The number of nitrogens with zero attached hydrogens (tertiary/aromatic N) is 3. The number of carbonyl (C=O) groups is 2. The number of cyclic esters (lactones) is 1. The first-order chi connectivity index (χ1) is 18.5. The number of ether oxygens (including phenoxy) is 2. The molecule has 0 radical (unpaired) electrons. The number of hydrogen-bond donors (Lipinski definition) is 3. The number of amides is 1. The Labute approximate surface area is 221 Å². The highest BCUT2D eigenvalue weighted by atomic mass is 16.5. The number of piperazine rings is 1. The number of fused-ring (bicyclic) bond motifs is 2. The van der Waals surface area contributed by atoms with E-state index in [0.29, 0.717) is 35.7 Å². The lowest BCUT2D eigenvalue weighted by atomic mass is 10.0. The van der Waals surface area contributed by atoms with Crippen LogP contribution >= 0.6 is 0 Å². The number of carbonyl (C=O) groups excluding carboxylic acids is 2. The summed E-state index contributed by atoms with van der Waals surface area (Å²) >= 11 is 0. The van der Waals surface area contributed by atoms with Gasteiger partial charge in [-0.05, 0) is 24.6 Å². The van der Waals surface area contributed by atoms with E-state index in [4.69, 9.17) is 9.47 Å². The molecule has 3 atom stereocenters. The van der Waals surface area contributed by atoms with Crippen LogP contribution in [0.4, 0.5) is 11.5 Å². The van der Waals surface area contributed by atoms with Gasteiger partial charge < -0.3 is 25.4 Å². The van der Waals surface area contributed by atoms with E-state index in [9.17, 15) is 9.59 Å². The lowest BCUT2D eigenvalue weighted by Crippen LogP contribution is -2.61. The van der Waals surface area contributed by atoms with Crippen LogP contribution in [-0.4, -0.2) is 72.2 Å². The Morgan fingerprint density at radius 2 is 2.13 bits per heavy atom. The maximum absolute atomic E-state index is 12.8. The standard InChI is InChI=1S/C28H32N6O4/c1-18(19-7-4-3-5-8-19)32-28-20-13-22(25(37-2)14-21(20)30-17-31-28)33-26(35)10-6-9-24-23-15-29-11-12-34(23)16-27(36)38-24/h3-8,10,13-14,17-18,23-24,29H,9,11-12,15-16H2,1-2H3,(H,33,35)(H,30,31,32)/t18?,23?,24-/m1/s1. The van der Waals surface area contributed by atoms with Crippen molar-refractivity contribution in [3.63, 3.8) is 0 Å². The highest BCUT2D eigenvalue weighted by Gasteiger charge is 2.37. The Bertz CT molecular complexity index is 1330. The maximum atomic E-state index is 12.8. The summed E-state index contributed by atoms with van der Waals surface area (Å²) in [6.45, 7) is 4.81. The van der Waals surface area contributed by atoms with Gasteiger partial charge in [-0.2, -0.15) is 0 Å². The zero-order valence-electron chi connectivity index (χ0n) is 21.5. The van der Waals surface area contributed by atoms with Gasteiger partial charge >= 0.3 is 5.97 Å². The van der Waals surface area contributed by atoms with Crippen LogP contribution in [0.3, 0.4) is 0 Å². The molecule has 10 nitrogen and oxygen atoms in total. The third-order valence-corrected chi connectivity index (χ3v) is 6.95. The highest BCUT2D eigenvalue weighted by molar-refractivity contribution is 6.03. The summed E-state index contributed by atoms with van der Waals surface area (Å²) in [7, 11) is 1.55.